The van der Waals surface area contributed by atoms with E-state index in [1.807, 2.05) is 13.1 Å². The number of aryl methyl sites for hydroxylation is 1. The van der Waals surface area contributed by atoms with Crippen molar-refractivity contribution in [3.63, 3.8) is 0 Å². The normalized spacial score (nSPS) is 24.7. The smallest absolute Gasteiger partial charge is 0.243 e. The number of hydrogen-bond acceptors (Lipinski definition) is 3. The predicted molar refractivity (Wildman–Crippen MR) is 65.8 cm³/mol. The highest BCUT2D eigenvalue weighted by Crippen LogP contribution is 2.51. The van der Waals surface area contributed by atoms with Crippen LogP contribution in [0.2, 0.25) is 0 Å². The molecule has 1 N–H and O–H groups in total. The quantitative estimate of drug-likeness (QED) is 0.819. The number of carbonyl (C=O) groups is 1. The first-order valence-electron chi connectivity index (χ1n) is 6.49. The highest BCUT2D eigenvalue weighted by atomic mass is 16.2. The highest BCUT2D eigenvalue weighted by Gasteiger charge is 2.52. The zero-order chi connectivity index (χ0) is 12.8. The van der Waals surface area contributed by atoms with E-state index in [9.17, 15) is 10.1 Å². The van der Waals surface area contributed by atoms with Crippen LogP contribution in [-0.4, -0.2) is 15.7 Å². The van der Waals surface area contributed by atoms with Crippen molar-refractivity contribution in [3.05, 3.63) is 11.8 Å². The van der Waals surface area contributed by atoms with Gasteiger partial charge in [-0.2, -0.15) is 10.4 Å². The van der Waals surface area contributed by atoms with Crippen LogP contribution >= 0.6 is 0 Å². The van der Waals surface area contributed by atoms with Gasteiger partial charge in [0.15, 0.2) is 0 Å². The molecule has 1 aromatic heterocycles. The predicted octanol–water partition coefficient (Wildman–Crippen LogP) is 1.81. The zero-order valence-corrected chi connectivity index (χ0v) is 10.4. The molecule has 1 spiro atoms. The summed E-state index contributed by atoms with van der Waals surface area (Å²) in [4.78, 5) is 12.1. The van der Waals surface area contributed by atoms with E-state index >= 15 is 0 Å². The number of rotatable bonds is 1. The molecule has 1 atom stereocenters. The second-order valence-electron chi connectivity index (χ2n) is 5.14. The first-order chi connectivity index (χ1) is 8.73. The number of anilines is 1. The minimum atomic E-state index is -0.568. The Morgan fingerprint density at radius 3 is 2.94 bits per heavy atom. The van der Waals surface area contributed by atoms with Gasteiger partial charge < -0.3 is 5.32 Å². The first kappa shape index (κ1) is 11.3. The van der Waals surface area contributed by atoms with E-state index in [1.165, 1.54) is 0 Å². The van der Waals surface area contributed by atoms with Gasteiger partial charge in [0.1, 0.15) is 11.7 Å². The minimum absolute atomic E-state index is 0.165. The topological polar surface area (TPSA) is 70.7 Å². The third kappa shape index (κ3) is 1.26. The van der Waals surface area contributed by atoms with Crippen LogP contribution in [0, 0.1) is 17.2 Å². The fraction of sp³-hybridized carbons (Fsp3) is 0.615. The van der Waals surface area contributed by atoms with Gasteiger partial charge in [-0.05, 0) is 19.8 Å². The summed E-state index contributed by atoms with van der Waals surface area (Å²) in [7, 11) is 0. The summed E-state index contributed by atoms with van der Waals surface area (Å²) < 4.78 is 1.81. The molecule has 5 heteroatoms. The lowest BCUT2D eigenvalue weighted by Crippen LogP contribution is -2.44. The SMILES string of the molecule is CCn1ncc2c1NC(=O)C(C#N)C21CCCC1. The summed E-state index contributed by atoms with van der Waals surface area (Å²) in [5.41, 5.74) is 0.771. The molecule has 3 rings (SSSR count). The molecule has 1 aliphatic heterocycles. The van der Waals surface area contributed by atoms with E-state index in [4.69, 9.17) is 0 Å². The third-order valence-corrected chi connectivity index (χ3v) is 4.36. The lowest BCUT2D eigenvalue weighted by atomic mass is 9.68. The molecule has 1 saturated carbocycles. The average Bonchev–Trinajstić information content (AvgIpc) is 2.97. The van der Waals surface area contributed by atoms with Gasteiger partial charge in [0.05, 0.1) is 12.3 Å². The number of amides is 1. The van der Waals surface area contributed by atoms with E-state index in [2.05, 4.69) is 16.5 Å². The summed E-state index contributed by atoms with van der Waals surface area (Å²) in [6, 6.07) is 2.21. The van der Waals surface area contributed by atoms with Crippen molar-refractivity contribution in [1.29, 1.82) is 5.26 Å². The maximum absolute atomic E-state index is 12.1. The molecule has 0 aromatic carbocycles. The minimum Gasteiger partial charge on any atom is -0.309 e. The van der Waals surface area contributed by atoms with Gasteiger partial charge in [0, 0.05) is 17.5 Å². The van der Waals surface area contributed by atoms with Crippen LogP contribution in [0.3, 0.4) is 0 Å². The van der Waals surface area contributed by atoms with E-state index < -0.39 is 5.92 Å². The van der Waals surface area contributed by atoms with Gasteiger partial charge in [-0.15, -0.1) is 0 Å². The Bertz CT molecular complexity index is 534. The largest absolute Gasteiger partial charge is 0.309 e. The summed E-state index contributed by atoms with van der Waals surface area (Å²) in [6.45, 7) is 2.72. The Balaban J connectivity index is 2.19. The van der Waals surface area contributed by atoms with Gasteiger partial charge in [-0.3, -0.25) is 4.79 Å². The molecule has 1 aromatic rings. The van der Waals surface area contributed by atoms with Crippen LogP contribution in [0.4, 0.5) is 5.82 Å². The van der Waals surface area contributed by atoms with Gasteiger partial charge in [-0.25, -0.2) is 4.68 Å². The van der Waals surface area contributed by atoms with Crippen molar-refractivity contribution < 1.29 is 4.79 Å². The molecule has 2 aliphatic rings. The molecule has 1 unspecified atom stereocenters. The number of nitrogens with zero attached hydrogens (tertiary/aromatic N) is 3. The van der Waals surface area contributed by atoms with Crippen LogP contribution in [0.5, 0.6) is 0 Å². The molecule has 18 heavy (non-hydrogen) atoms. The van der Waals surface area contributed by atoms with Crippen LogP contribution in [0.15, 0.2) is 6.20 Å². The van der Waals surface area contributed by atoms with Crippen LogP contribution in [0.25, 0.3) is 0 Å². The Hall–Kier alpha value is -1.83. The molecule has 0 bridgehead atoms. The molecule has 1 aliphatic carbocycles. The maximum atomic E-state index is 12.1. The molecular weight excluding hydrogens is 228 g/mol. The summed E-state index contributed by atoms with van der Waals surface area (Å²) in [6.07, 6.45) is 5.85. The number of aromatic nitrogens is 2. The van der Waals surface area contributed by atoms with Crippen molar-refractivity contribution in [3.8, 4) is 6.07 Å². The lowest BCUT2D eigenvalue weighted by Gasteiger charge is -2.36. The third-order valence-electron chi connectivity index (χ3n) is 4.36. The average molecular weight is 244 g/mol. The Labute approximate surface area is 106 Å². The van der Waals surface area contributed by atoms with Crippen molar-refractivity contribution >= 4 is 11.7 Å². The Morgan fingerprint density at radius 2 is 2.33 bits per heavy atom. The van der Waals surface area contributed by atoms with Gasteiger partial charge in [0.25, 0.3) is 0 Å². The molecule has 5 nitrogen and oxygen atoms in total. The number of fused-ring (bicyclic) bond motifs is 2. The first-order valence-corrected chi connectivity index (χ1v) is 6.49. The molecule has 2 heterocycles. The number of nitrogens with one attached hydrogen (secondary N) is 1. The van der Waals surface area contributed by atoms with Gasteiger partial charge >= 0.3 is 0 Å². The van der Waals surface area contributed by atoms with E-state index in [1.54, 1.807) is 4.68 Å². The fourth-order valence-electron chi connectivity index (χ4n) is 3.46. The Kier molecular flexibility index (Phi) is 2.40. The van der Waals surface area contributed by atoms with E-state index in [0.717, 1.165) is 43.6 Å². The summed E-state index contributed by atoms with van der Waals surface area (Å²) >= 11 is 0. The number of nitriles is 1. The maximum Gasteiger partial charge on any atom is 0.243 e. The Morgan fingerprint density at radius 1 is 1.61 bits per heavy atom. The van der Waals surface area contributed by atoms with Crippen molar-refractivity contribution in [2.45, 2.75) is 44.6 Å². The zero-order valence-electron chi connectivity index (χ0n) is 10.4. The summed E-state index contributed by atoms with van der Waals surface area (Å²) in [5, 5.41) is 16.5. The van der Waals surface area contributed by atoms with E-state index in [-0.39, 0.29) is 11.3 Å². The number of carbonyl (C=O) groups excluding carboxylic acids is 1. The van der Waals surface area contributed by atoms with Gasteiger partial charge in [0.2, 0.25) is 5.91 Å². The highest BCUT2D eigenvalue weighted by molar-refractivity contribution is 5.98. The molecular formula is C13H16N4O. The second-order valence-corrected chi connectivity index (χ2v) is 5.14. The summed E-state index contributed by atoms with van der Waals surface area (Å²) in [5.74, 6) is 0.0695. The van der Waals surface area contributed by atoms with Crippen molar-refractivity contribution in [2.75, 3.05) is 5.32 Å². The lowest BCUT2D eigenvalue weighted by molar-refractivity contribution is -0.120. The van der Waals surface area contributed by atoms with Crippen LogP contribution < -0.4 is 5.32 Å². The number of hydrogen-bond donors (Lipinski definition) is 1. The molecule has 0 saturated heterocycles. The van der Waals surface area contributed by atoms with Crippen molar-refractivity contribution in [2.24, 2.45) is 5.92 Å². The monoisotopic (exact) mass is 244 g/mol. The van der Waals surface area contributed by atoms with E-state index in [0.29, 0.717) is 0 Å². The molecule has 1 fully saturated rings. The fourth-order valence-corrected chi connectivity index (χ4v) is 3.46. The van der Waals surface area contributed by atoms with Crippen LogP contribution in [-0.2, 0) is 16.8 Å². The second kappa shape index (κ2) is 3.84. The molecule has 94 valence electrons. The standard InChI is InChI=1S/C13H16N4O/c1-2-17-11-10(8-15-17)13(5-3-4-6-13)9(7-14)12(18)16-11/h8-9H,2-6H2,1H3,(H,16,18). The molecule has 0 radical (unpaired) electrons. The van der Waals surface area contributed by atoms with Gasteiger partial charge in [-0.1, -0.05) is 12.8 Å². The van der Waals surface area contributed by atoms with Crippen LogP contribution in [0.1, 0.15) is 38.2 Å². The van der Waals surface area contributed by atoms with Crippen molar-refractivity contribution in [1.82, 2.24) is 9.78 Å². The molecule has 1 amide bonds.